The number of nitrogens with one attached hydrogen (secondary N) is 2. The lowest BCUT2D eigenvalue weighted by atomic mass is 10.0. The number of ether oxygens (including phenoxy) is 1. The summed E-state index contributed by atoms with van der Waals surface area (Å²) in [6.07, 6.45) is 1.13. The number of hydrazone groups is 1. The summed E-state index contributed by atoms with van der Waals surface area (Å²) in [6.45, 7) is 0.618. The molecule has 0 radical (unpaired) electrons. The van der Waals surface area contributed by atoms with E-state index in [2.05, 4.69) is 15.8 Å². The Bertz CT molecular complexity index is 770. The van der Waals surface area contributed by atoms with E-state index in [9.17, 15) is 9.90 Å². The number of carbonyl (C=O) groups is 1. The first kappa shape index (κ1) is 15.9. The molecule has 2 aromatic rings. The number of aromatic hydroxyl groups is 1. The van der Waals surface area contributed by atoms with Crippen molar-refractivity contribution in [2.45, 2.75) is 19.4 Å². The van der Waals surface area contributed by atoms with E-state index in [-0.39, 0.29) is 11.7 Å². The molecule has 0 spiro atoms. The van der Waals surface area contributed by atoms with Crippen molar-refractivity contribution in [1.82, 2.24) is 5.43 Å². The quantitative estimate of drug-likeness (QED) is 0.789. The standard InChI is InChI=1S/C18H19N3O3/c1-24-17-10-12(2-8-16(17)22)11-19-14-5-3-13(4-6-14)15-7-9-18(23)21-20-15/h2-6,8,10,19,22H,7,9,11H2,1H3,(H,21,23). The van der Waals surface area contributed by atoms with E-state index in [1.54, 1.807) is 12.1 Å². The summed E-state index contributed by atoms with van der Waals surface area (Å²) in [5.41, 5.74) is 6.39. The normalized spacial score (nSPS) is 13.9. The predicted molar refractivity (Wildman–Crippen MR) is 92.3 cm³/mol. The van der Waals surface area contributed by atoms with Gasteiger partial charge in [0.2, 0.25) is 5.91 Å². The van der Waals surface area contributed by atoms with Crippen LogP contribution >= 0.6 is 0 Å². The molecule has 0 unspecified atom stereocenters. The van der Waals surface area contributed by atoms with Gasteiger partial charge in [-0.05, 0) is 35.4 Å². The Kier molecular flexibility index (Phi) is 4.65. The monoisotopic (exact) mass is 325 g/mol. The minimum atomic E-state index is -0.0404. The summed E-state index contributed by atoms with van der Waals surface area (Å²) < 4.78 is 5.11. The summed E-state index contributed by atoms with van der Waals surface area (Å²) in [7, 11) is 1.53. The van der Waals surface area contributed by atoms with Crippen molar-refractivity contribution in [3.63, 3.8) is 0 Å². The number of carbonyl (C=O) groups excluding carboxylic acids is 1. The van der Waals surface area contributed by atoms with Crippen LogP contribution in [-0.4, -0.2) is 23.8 Å². The lowest BCUT2D eigenvalue weighted by molar-refractivity contribution is -0.121. The molecule has 0 aliphatic carbocycles. The van der Waals surface area contributed by atoms with Crippen LogP contribution in [0.25, 0.3) is 0 Å². The smallest absolute Gasteiger partial charge is 0.240 e. The number of phenolic OH excluding ortho intramolecular Hbond substituents is 1. The molecule has 2 aromatic carbocycles. The lowest BCUT2D eigenvalue weighted by Gasteiger charge is -2.13. The Labute approximate surface area is 140 Å². The summed E-state index contributed by atoms with van der Waals surface area (Å²) in [5.74, 6) is 0.550. The average molecular weight is 325 g/mol. The highest BCUT2D eigenvalue weighted by Crippen LogP contribution is 2.26. The highest BCUT2D eigenvalue weighted by atomic mass is 16.5. The molecule has 0 saturated carbocycles. The maximum absolute atomic E-state index is 11.1. The van der Waals surface area contributed by atoms with Crippen molar-refractivity contribution >= 4 is 17.3 Å². The molecule has 6 nitrogen and oxygen atoms in total. The van der Waals surface area contributed by atoms with Crippen LogP contribution in [0.15, 0.2) is 47.6 Å². The highest BCUT2D eigenvalue weighted by Gasteiger charge is 2.12. The fraction of sp³-hybridized carbons (Fsp3) is 0.222. The van der Waals surface area contributed by atoms with E-state index in [4.69, 9.17) is 4.74 Å². The van der Waals surface area contributed by atoms with Gasteiger partial charge in [-0.25, -0.2) is 5.43 Å². The van der Waals surface area contributed by atoms with Gasteiger partial charge in [-0.2, -0.15) is 5.10 Å². The van der Waals surface area contributed by atoms with Crippen molar-refractivity contribution < 1.29 is 14.6 Å². The third kappa shape index (κ3) is 3.65. The van der Waals surface area contributed by atoms with Crippen LogP contribution in [0.4, 0.5) is 5.69 Å². The number of hydrogen-bond donors (Lipinski definition) is 3. The van der Waals surface area contributed by atoms with Crippen LogP contribution in [0.3, 0.4) is 0 Å². The molecular weight excluding hydrogens is 306 g/mol. The first-order valence-electron chi connectivity index (χ1n) is 7.71. The van der Waals surface area contributed by atoms with Crippen LogP contribution in [0, 0.1) is 0 Å². The van der Waals surface area contributed by atoms with Gasteiger partial charge in [0, 0.05) is 25.1 Å². The van der Waals surface area contributed by atoms with Gasteiger partial charge < -0.3 is 15.2 Å². The fourth-order valence-electron chi connectivity index (χ4n) is 2.50. The molecule has 0 bridgehead atoms. The number of rotatable bonds is 5. The largest absolute Gasteiger partial charge is 0.504 e. The van der Waals surface area contributed by atoms with Crippen molar-refractivity contribution in [3.05, 3.63) is 53.6 Å². The maximum Gasteiger partial charge on any atom is 0.240 e. The van der Waals surface area contributed by atoms with Gasteiger partial charge >= 0.3 is 0 Å². The van der Waals surface area contributed by atoms with Gasteiger partial charge in [-0.1, -0.05) is 18.2 Å². The summed E-state index contributed by atoms with van der Waals surface area (Å²) in [5, 5.41) is 17.0. The van der Waals surface area contributed by atoms with Crippen LogP contribution < -0.4 is 15.5 Å². The molecular formula is C18H19N3O3. The number of methoxy groups -OCH3 is 1. The van der Waals surface area contributed by atoms with Crippen LogP contribution in [0.2, 0.25) is 0 Å². The van der Waals surface area contributed by atoms with E-state index < -0.39 is 0 Å². The molecule has 1 aliphatic rings. The predicted octanol–water partition coefficient (Wildman–Crippen LogP) is 2.63. The Morgan fingerprint density at radius 2 is 2.00 bits per heavy atom. The fourth-order valence-corrected chi connectivity index (χ4v) is 2.50. The zero-order valence-corrected chi connectivity index (χ0v) is 13.4. The van der Waals surface area contributed by atoms with Gasteiger partial charge in [0.15, 0.2) is 11.5 Å². The summed E-state index contributed by atoms with van der Waals surface area (Å²) in [6, 6.07) is 13.2. The molecule has 24 heavy (non-hydrogen) atoms. The van der Waals surface area contributed by atoms with E-state index in [0.717, 1.165) is 22.5 Å². The lowest BCUT2D eigenvalue weighted by Crippen LogP contribution is -2.25. The van der Waals surface area contributed by atoms with E-state index in [1.165, 1.54) is 7.11 Å². The number of benzene rings is 2. The number of anilines is 1. The first-order valence-corrected chi connectivity index (χ1v) is 7.71. The molecule has 3 rings (SSSR count). The molecule has 1 amide bonds. The van der Waals surface area contributed by atoms with Gasteiger partial charge in [-0.15, -0.1) is 0 Å². The molecule has 0 saturated heterocycles. The highest BCUT2D eigenvalue weighted by molar-refractivity contribution is 6.04. The second-order valence-electron chi connectivity index (χ2n) is 5.53. The zero-order valence-electron chi connectivity index (χ0n) is 13.4. The third-order valence-electron chi connectivity index (χ3n) is 3.86. The molecule has 0 fully saturated rings. The van der Waals surface area contributed by atoms with Gasteiger partial charge in [0.25, 0.3) is 0 Å². The Morgan fingerprint density at radius 3 is 2.67 bits per heavy atom. The molecule has 1 heterocycles. The Balaban J connectivity index is 1.63. The second kappa shape index (κ2) is 7.04. The zero-order chi connectivity index (χ0) is 16.9. The van der Waals surface area contributed by atoms with Gasteiger partial charge in [0.1, 0.15) is 0 Å². The second-order valence-corrected chi connectivity index (χ2v) is 5.53. The van der Waals surface area contributed by atoms with E-state index in [0.29, 0.717) is 25.1 Å². The average Bonchev–Trinajstić information content (AvgIpc) is 2.62. The van der Waals surface area contributed by atoms with E-state index >= 15 is 0 Å². The van der Waals surface area contributed by atoms with Crippen molar-refractivity contribution in [3.8, 4) is 11.5 Å². The van der Waals surface area contributed by atoms with Crippen molar-refractivity contribution in [2.75, 3.05) is 12.4 Å². The van der Waals surface area contributed by atoms with Crippen LogP contribution in [-0.2, 0) is 11.3 Å². The molecule has 124 valence electrons. The topological polar surface area (TPSA) is 83.0 Å². The number of phenols is 1. The number of nitrogens with zero attached hydrogens (tertiary/aromatic N) is 1. The molecule has 6 heteroatoms. The molecule has 0 atom stereocenters. The van der Waals surface area contributed by atoms with Crippen molar-refractivity contribution in [1.29, 1.82) is 0 Å². The van der Waals surface area contributed by atoms with E-state index in [1.807, 2.05) is 30.3 Å². The Morgan fingerprint density at radius 1 is 1.21 bits per heavy atom. The van der Waals surface area contributed by atoms with Gasteiger partial charge in [0.05, 0.1) is 12.8 Å². The summed E-state index contributed by atoms with van der Waals surface area (Å²) in [4.78, 5) is 11.1. The molecule has 1 aliphatic heterocycles. The molecule has 0 aromatic heterocycles. The SMILES string of the molecule is COc1cc(CNc2ccc(C3=NNC(=O)CC3)cc2)ccc1O. The minimum absolute atomic E-state index is 0.0404. The summed E-state index contributed by atoms with van der Waals surface area (Å²) >= 11 is 0. The van der Waals surface area contributed by atoms with Crippen LogP contribution in [0.1, 0.15) is 24.0 Å². The Hall–Kier alpha value is -3.02. The number of amides is 1. The first-order chi connectivity index (χ1) is 11.7. The molecule has 3 N–H and O–H groups in total. The van der Waals surface area contributed by atoms with Crippen LogP contribution in [0.5, 0.6) is 11.5 Å². The third-order valence-corrected chi connectivity index (χ3v) is 3.86. The minimum Gasteiger partial charge on any atom is -0.504 e. The maximum atomic E-state index is 11.1. The number of hydrogen-bond acceptors (Lipinski definition) is 5. The van der Waals surface area contributed by atoms with Crippen molar-refractivity contribution in [2.24, 2.45) is 5.10 Å². The van der Waals surface area contributed by atoms with Gasteiger partial charge in [-0.3, -0.25) is 4.79 Å².